The van der Waals surface area contributed by atoms with Gasteiger partial charge in [-0.3, -0.25) is 14.6 Å². The van der Waals surface area contributed by atoms with Gasteiger partial charge in [0.25, 0.3) is 5.56 Å². The second kappa shape index (κ2) is 5.04. The van der Waals surface area contributed by atoms with E-state index in [0.717, 1.165) is 29.7 Å². The van der Waals surface area contributed by atoms with Crippen LogP contribution in [-0.2, 0) is 13.0 Å². The van der Waals surface area contributed by atoms with Crippen LogP contribution in [0.3, 0.4) is 0 Å². The third-order valence-corrected chi connectivity index (χ3v) is 3.69. The van der Waals surface area contributed by atoms with Crippen LogP contribution in [0.1, 0.15) is 40.0 Å². The highest BCUT2D eigenvalue weighted by molar-refractivity contribution is 5.97. The molecule has 0 spiro atoms. The lowest BCUT2D eigenvalue weighted by molar-refractivity contribution is 0.0970. The van der Waals surface area contributed by atoms with Gasteiger partial charge in [0.2, 0.25) is 0 Å². The Hall–Kier alpha value is -2.23. The first-order valence-electron chi connectivity index (χ1n) is 6.81. The van der Waals surface area contributed by atoms with E-state index in [1.165, 1.54) is 6.07 Å². The fourth-order valence-corrected chi connectivity index (χ4v) is 2.75. The molecule has 0 amide bonds. The number of carbonyl (C=O) groups is 1. The van der Waals surface area contributed by atoms with E-state index in [1.807, 2.05) is 13.0 Å². The summed E-state index contributed by atoms with van der Waals surface area (Å²) in [6.45, 7) is 2.45. The van der Waals surface area contributed by atoms with Crippen molar-refractivity contribution in [1.29, 1.82) is 0 Å². The van der Waals surface area contributed by atoms with E-state index in [1.54, 1.807) is 23.0 Å². The summed E-state index contributed by atoms with van der Waals surface area (Å²) in [5.74, 6) is 0.141. The van der Waals surface area contributed by atoms with Crippen LogP contribution < -0.4 is 5.56 Å². The monoisotopic (exact) mass is 268 g/mol. The van der Waals surface area contributed by atoms with Gasteiger partial charge in [0.05, 0.1) is 6.54 Å². The number of pyridine rings is 2. The number of aryl methyl sites for hydroxylation is 1. The van der Waals surface area contributed by atoms with Crippen LogP contribution in [0.15, 0.2) is 35.4 Å². The minimum atomic E-state index is -0.0556. The molecule has 0 saturated heterocycles. The fourth-order valence-electron chi connectivity index (χ4n) is 2.75. The minimum absolute atomic E-state index is 0.0556. The Balaban J connectivity index is 2.07. The molecule has 0 aliphatic heterocycles. The molecule has 3 rings (SSSR count). The Morgan fingerprint density at radius 2 is 2.05 bits per heavy atom. The van der Waals surface area contributed by atoms with E-state index >= 15 is 0 Å². The molecule has 0 N–H and O–H groups in total. The number of aromatic nitrogens is 2. The summed E-state index contributed by atoms with van der Waals surface area (Å²) < 4.78 is 1.71. The normalized spacial score (nSPS) is 14.2. The zero-order chi connectivity index (χ0) is 14.1. The number of Topliss-reactive ketones (excluding diaryl/α,β-unsaturated/α-hetero) is 1. The van der Waals surface area contributed by atoms with Gasteiger partial charge in [-0.1, -0.05) is 6.07 Å². The number of hydrogen-bond acceptors (Lipinski definition) is 3. The van der Waals surface area contributed by atoms with Crippen molar-refractivity contribution in [3.8, 4) is 0 Å². The molecule has 0 fully saturated rings. The van der Waals surface area contributed by atoms with Gasteiger partial charge < -0.3 is 4.57 Å². The van der Waals surface area contributed by atoms with Gasteiger partial charge in [-0.15, -0.1) is 0 Å². The second-order valence-electron chi connectivity index (χ2n) is 5.27. The van der Waals surface area contributed by atoms with Crippen molar-refractivity contribution in [3.05, 3.63) is 63.3 Å². The van der Waals surface area contributed by atoms with Crippen molar-refractivity contribution in [2.45, 2.75) is 32.7 Å². The minimum Gasteiger partial charge on any atom is -0.307 e. The molecule has 0 atom stereocenters. The standard InChI is InChI=1S/C16H16N2O2/c1-11-7-12(9-17-8-11)10-18-14-3-2-4-15(19)13(14)5-6-16(18)20/h5-9H,2-4,10H2,1H3. The summed E-state index contributed by atoms with van der Waals surface area (Å²) in [5, 5.41) is 0. The average Bonchev–Trinajstić information content (AvgIpc) is 2.42. The molecule has 1 aliphatic rings. The number of ketones is 1. The van der Waals surface area contributed by atoms with E-state index in [9.17, 15) is 9.59 Å². The van der Waals surface area contributed by atoms with Crippen LogP contribution in [0.4, 0.5) is 0 Å². The Bertz CT molecular complexity index is 731. The lowest BCUT2D eigenvalue weighted by Gasteiger charge is -2.20. The maximum Gasteiger partial charge on any atom is 0.251 e. The molecule has 1 aliphatic carbocycles. The van der Waals surface area contributed by atoms with Crippen LogP contribution in [-0.4, -0.2) is 15.3 Å². The molecule has 2 aromatic rings. The average molecular weight is 268 g/mol. The molecular weight excluding hydrogens is 252 g/mol. The van der Waals surface area contributed by atoms with Crippen LogP contribution in [0, 0.1) is 6.92 Å². The Morgan fingerprint density at radius 3 is 2.85 bits per heavy atom. The molecule has 0 saturated carbocycles. The highest BCUT2D eigenvalue weighted by atomic mass is 16.1. The predicted octanol–water partition coefficient (Wildman–Crippen LogP) is 2.12. The second-order valence-corrected chi connectivity index (χ2v) is 5.27. The first-order chi connectivity index (χ1) is 9.65. The molecule has 102 valence electrons. The summed E-state index contributed by atoms with van der Waals surface area (Å²) in [6, 6.07) is 5.18. The molecule has 0 radical (unpaired) electrons. The highest BCUT2D eigenvalue weighted by Crippen LogP contribution is 2.20. The Morgan fingerprint density at radius 1 is 1.20 bits per heavy atom. The van der Waals surface area contributed by atoms with Crippen molar-refractivity contribution >= 4 is 5.78 Å². The first kappa shape index (κ1) is 12.8. The Kier molecular flexibility index (Phi) is 3.22. The lowest BCUT2D eigenvalue weighted by atomic mass is 9.94. The Labute approximate surface area is 117 Å². The summed E-state index contributed by atoms with van der Waals surface area (Å²) in [6.07, 6.45) is 5.74. The van der Waals surface area contributed by atoms with E-state index < -0.39 is 0 Å². The van der Waals surface area contributed by atoms with E-state index in [4.69, 9.17) is 0 Å². The molecule has 2 aromatic heterocycles. The molecule has 2 heterocycles. The lowest BCUT2D eigenvalue weighted by Crippen LogP contribution is -2.28. The molecule has 0 bridgehead atoms. The molecule has 20 heavy (non-hydrogen) atoms. The van der Waals surface area contributed by atoms with Gasteiger partial charge in [0, 0.05) is 36.1 Å². The molecule has 0 unspecified atom stereocenters. The van der Waals surface area contributed by atoms with Crippen molar-refractivity contribution in [3.63, 3.8) is 0 Å². The third-order valence-electron chi connectivity index (χ3n) is 3.69. The fraction of sp³-hybridized carbons (Fsp3) is 0.312. The molecule has 4 heteroatoms. The van der Waals surface area contributed by atoms with E-state index in [2.05, 4.69) is 4.98 Å². The van der Waals surface area contributed by atoms with Crippen molar-refractivity contribution < 1.29 is 4.79 Å². The highest BCUT2D eigenvalue weighted by Gasteiger charge is 2.20. The quantitative estimate of drug-likeness (QED) is 0.838. The largest absolute Gasteiger partial charge is 0.307 e. The predicted molar refractivity (Wildman–Crippen MR) is 76.0 cm³/mol. The van der Waals surface area contributed by atoms with Gasteiger partial charge in [-0.2, -0.15) is 0 Å². The zero-order valence-corrected chi connectivity index (χ0v) is 11.4. The van der Waals surface area contributed by atoms with Crippen molar-refractivity contribution in [2.24, 2.45) is 0 Å². The number of hydrogen-bond donors (Lipinski definition) is 0. The van der Waals surface area contributed by atoms with Crippen LogP contribution >= 0.6 is 0 Å². The summed E-state index contributed by atoms with van der Waals surface area (Å²) >= 11 is 0. The van der Waals surface area contributed by atoms with Gasteiger partial charge in [-0.25, -0.2) is 0 Å². The number of nitrogens with zero attached hydrogens (tertiary/aromatic N) is 2. The molecule has 4 nitrogen and oxygen atoms in total. The van der Waals surface area contributed by atoms with Crippen molar-refractivity contribution in [2.75, 3.05) is 0 Å². The summed E-state index contributed by atoms with van der Waals surface area (Å²) in [5.41, 5.74) is 3.57. The number of carbonyl (C=O) groups excluding carboxylic acids is 1. The smallest absolute Gasteiger partial charge is 0.251 e. The van der Waals surface area contributed by atoms with E-state index in [0.29, 0.717) is 18.5 Å². The van der Waals surface area contributed by atoms with Crippen molar-refractivity contribution in [1.82, 2.24) is 9.55 Å². The van der Waals surface area contributed by atoms with E-state index in [-0.39, 0.29) is 11.3 Å². The molecule has 0 aromatic carbocycles. The topological polar surface area (TPSA) is 52.0 Å². The first-order valence-corrected chi connectivity index (χ1v) is 6.81. The maximum atomic E-state index is 12.1. The maximum absolute atomic E-state index is 12.1. The molecular formula is C16H16N2O2. The van der Waals surface area contributed by atoms with Gasteiger partial charge in [-0.05, 0) is 37.0 Å². The summed E-state index contributed by atoms with van der Waals surface area (Å²) in [7, 11) is 0. The number of rotatable bonds is 2. The van der Waals surface area contributed by atoms with Crippen LogP contribution in [0.5, 0.6) is 0 Å². The van der Waals surface area contributed by atoms with Crippen LogP contribution in [0.25, 0.3) is 0 Å². The van der Waals surface area contributed by atoms with Gasteiger partial charge >= 0.3 is 0 Å². The summed E-state index contributed by atoms with van der Waals surface area (Å²) in [4.78, 5) is 28.2. The van der Waals surface area contributed by atoms with Crippen LogP contribution in [0.2, 0.25) is 0 Å². The van der Waals surface area contributed by atoms with Gasteiger partial charge in [0.15, 0.2) is 5.78 Å². The third kappa shape index (κ3) is 2.29. The number of fused-ring (bicyclic) bond motifs is 1. The van der Waals surface area contributed by atoms with Gasteiger partial charge in [0.1, 0.15) is 0 Å². The zero-order valence-electron chi connectivity index (χ0n) is 11.4. The SMILES string of the molecule is Cc1cncc(Cn2c3c(ccc2=O)C(=O)CCC3)c1.